The van der Waals surface area contributed by atoms with Gasteiger partial charge in [-0.1, -0.05) is 12.8 Å². The first-order valence-corrected chi connectivity index (χ1v) is 5.77. The first-order valence-electron chi connectivity index (χ1n) is 5.77. The van der Waals surface area contributed by atoms with Crippen molar-refractivity contribution in [3.8, 4) is 0 Å². The van der Waals surface area contributed by atoms with Gasteiger partial charge in [-0.15, -0.1) is 0 Å². The molecule has 4 heteroatoms. The lowest BCUT2D eigenvalue weighted by atomic mass is 10.2. The molecule has 0 aliphatic heterocycles. The maximum atomic E-state index is 5.67. The Morgan fingerprint density at radius 3 is 2.80 bits per heavy atom. The lowest BCUT2D eigenvalue weighted by Crippen LogP contribution is -2.38. The fourth-order valence-corrected chi connectivity index (χ4v) is 2.44. The van der Waals surface area contributed by atoms with Crippen LogP contribution in [0.1, 0.15) is 25.7 Å². The van der Waals surface area contributed by atoms with E-state index >= 15 is 0 Å². The highest BCUT2D eigenvalue weighted by molar-refractivity contribution is 5.33. The molecule has 15 heavy (non-hydrogen) atoms. The molecule has 0 atom stereocenters. The van der Waals surface area contributed by atoms with Crippen molar-refractivity contribution in [1.29, 1.82) is 0 Å². The van der Waals surface area contributed by atoms with E-state index in [2.05, 4.69) is 14.5 Å². The van der Waals surface area contributed by atoms with Crippen LogP contribution in [-0.2, 0) is 7.05 Å². The van der Waals surface area contributed by atoms with Gasteiger partial charge in [0.1, 0.15) is 0 Å². The summed E-state index contributed by atoms with van der Waals surface area (Å²) in [5.74, 6) is 1.06. The van der Waals surface area contributed by atoms with Crippen LogP contribution in [-0.4, -0.2) is 28.7 Å². The molecular weight excluding hydrogens is 188 g/mol. The van der Waals surface area contributed by atoms with Gasteiger partial charge in [-0.25, -0.2) is 4.98 Å². The van der Waals surface area contributed by atoms with Gasteiger partial charge in [0.2, 0.25) is 5.95 Å². The van der Waals surface area contributed by atoms with Gasteiger partial charge in [-0.3, -0.25) is 0 Å². The number of aryl methyl sites for hydroxylation is 1. The summed E-state index contributed by atoms with van der Waals surface area (Å²) in [6.07, 6.45) is 9.10. The number of hydrogen-bond acceptors (Lipinski definition) is 3. The van der Waals surface area contributed by atoms with Crippen LogP contribution in [0.5, 0.6) is 0 Å². The van der Waals surface area contributed by atoms with Gasteiger partial charge in [0.05, 0.1) is 0 Å². The van der Waals surface area contributed by atoms with Gasteiger partial charge in [0.25, 0.3) is 0 Å². The van der Waals surface area contributed by atoms with E-state index in [1.807, 2.05) is 19.4 Å². The molecule has 1 heterocycles. The largest absolute Gasteiger partial charge is 0.338 e. The molecule has 1 aromatic heterocycles. The first kappa shape index (κ1) is 10.5. The maximum absolute atomic E-state index is 5.67. The van der Waals surface area contributed by atoms with Crippen LogP contribution in [0.15, 0.2) is 12.4 Å². The fourth-order valence-electron chi connectivity index (χ4n) is 2.44. The Bertz CT molecular complexity index is 301. The lowest BCUT2D eigenvalue weighted by Gasteiger charge is -2.29. The van der Waals surface area contributed by atoms with Gasteiger partial charge in [-0.05, 0) is 12.8 Å². The number of nitrogens with zero attached hydrogens (tertiary/aromatic N) is 3. The molecule has 1 aromatic rings. The molecule has 4 nitrogen and oxygen atoms in total. The molecule has 0 unspecified atom stereocenters. The molecule has 2 rings (SSSR count). The molecule has 0 saturated heterocycles. The van der Waals surface area contributed by atoms with Crippen molar-refractivity contribution in [2.45, 2.75) is 31.7 Å². The Balaban J connectivity index is 2.15. The summed E-state index contributed by atoms with van der Waals surface area (Å²) in [7, 11) is 2.04. The van der Waals surface area contributed by atoms with Crippen LogP contribution in [0, 0.1) is 0 Å². The minimum atomic E-state index is 0.648. The molecule has 2 N–H and O–H groups in total. The number of imidazole rings is 1. The Hall–Kier alpha value is -1.03. The molecule has 1 aliphatic carbocycles. The number of nitrogens with two attached hydrogens (primary N) is 1. The monoisotopic (exact) mass is 208 g/mol. The second-order valence-electron chi connectivity index (χ2n) is 4.26. The summed E-state index contributed by atoms with van der Waals surface area (Å²) in [5, 5.41) is 0. The molecule has 84 valence electrons. The van der Waals surface area contributed by atoms with Gasteiger partial charge in [0.15, 0.2) is 0 Å². The van der Waals surface area contributed by atoms with E-state index in [9.17, 15) is 0 Å². The van der Waals surface area contributed by atoms with E-state index in [0.29, 0.717) is 12.6 Å². The summed E-state index contributed by atoms with van der Waals surface area (Å²) >= 11 is 0. The molecule has 0 bridgehead atoms. The van der Waals surface area contributed by atoms with Crippen molar-refractivity contribution in [1.82, 2.24) is 9.55 Å². The number of aromatic nitrogens is 2. The van der Waals surface area contributed by atoms with Crippen molar-refractivity contribution in [3.63, 3.8) is 0 Å². The third kappa shape index (κ3) is 2.15. The van der Waals surface area contributed by atoms with Crippen molar-refractivity contribution in [2.24, 2.45) is 12.8 Å². The second kappa shape index (κ2) is 4.66. The normalized spacial score (nSPS) is 17.2. The quantitative estimate of drug-likeness (QED) is 0.807. The lowest BCUT2D eigenvalue weighted by molar-refractivity contribution is 0.585. The summed E-state index contributed by atoms with van der Waals surface area (Å²) in [6, 6.07) is 0.648. The zero-order chi connectivity index (χ0) is 10.7. The van der Waals surface area contributed by atoms with E-state index in [4.69, 9.17) is 5.73 Å². The van der Waals surface area contributed by atoms with Gasteiger partial charge in [0, 0.05) is 38.6 Å². The van der Waals surface area contributed by atoms with Crippen molar-refractivity contribution in [3.05, 3.63) is 12.4 Å². The predicted octanol–water partition coefficient (Wildman–Crippen LogP) is 1.13. The second-order valence-corrected chi connectivity index (χ2v) is 4.26. The van der Waals surface area contributed by atoms with Gasteiger partial charge in [-0.2, -0.15) is 0 Å². The molecule has 1 aliphatic rings. The smallest absolute Gasteiger partial charge is 0.205 e. The summed E-state index contributed by atoms with van der Waals surface area (Å²) in [4.78, 5) is 6.78. The first-order chi connectivity index (χ1) is 7.33. The third-order valence-corrected chi connectivity index (χ3v) is 3.19. The van der Waals surface area contributed by atoms with Crippen molar-refractivity contribution >= 4 is 5.95 Å². The van der Waals surface area contributed by atoms with Crippen LogP contribution in [0.4, 0.5) is 5.95 Å². The summed E-state index contributed by atoms with van der Waals surface area (Å²) < 4.78 is 2.08. The maximum Gasteiger partial charge on any atom is 0.205 e. The highest BCUT2D eigenvalue weighted by Gasteiger charge is 2.24. The summed E-state index contributed by atoms with van der Waals surface area (Å²) in [6.45, 7) is 1.61. The zero-order valence-electron chi connectivity index (χ0n) is 9.39. The number of hydrogen-bond donors (Lipinski definition) is 1. The van der Waals surface area contributed by atoms with E-state index in [1.165, 1.54) is 25.7 Å². The van der Waals surface area contributed by atoms with Gasteiger partial charge < -0.3 is 15.2 Å². The van der Waals surface area contributed by atoms with Crippen LogP contribution in [0.2, 0.25) is 0 Å². The van der Waals surface area contributed by atoms with Crippen LogP contribution < -0.4 is 10.6 Å². The minimum Gasteiger partial charge on any atom is -0.338 e. The van der Waals surface area contributed by atoms with Crippen LogP contribution in [0.25, 0.3) is 0 Å². The molecule has 0 aromatic carbocycles. The van der Waals surface area contributed by atoms with Crippen molar-refractivity contribution in [2.75, 3.05) is 18.0 Å². The molecule has 0 spiro atoms. The van der Waals surface area contributed by atoms with Crippen molar-refractivity contribution < 1.29 is 0 Å². The van der Waals surface area contributed by atoms with Crippen LogP contribution in [0.3, 0.4) is 0 Å². The third-order valence-electron chi connectivity index (χ3n) is 3.19. The number of rotatable bonds is 4. The minimum absolute atomic E-state index is 0.648. The van der Waals surface area contributed by atoms with Gasteiger partial charge >= 0.3 is 0 Å². The molecular formula is C11H20N4. The fraction of sp³-hybridized carbons (Fsp3) is 0.727. The molecule has 0 radical (unpaired) electrons. The Labute approximate surface area is 91.1 Å². The summed E-state index contributed by atoms with van der Waals surface area (Å²) in [5.41, 5.74) is 5.67. The number of anilines is 1. The Morgan fingerprint density at radius 2 is 2.27 bits per heavy atom. The Morgan fingerprint density at radius 1 is 1.53 bits per heavy atom. The SMILES string of the molecule is Cn1ccnc1N(CCN)C1CCCC1. The average molecular weight is 208 g/mol. The average Bonchev–Trinajstić information content (AvgIpc) is 2.85. The van der Waals surface area contributed by atoms with E-state index in [-0.39, 0.29) is 0 Å². The van der Waals surface area contributed by atoms with E-state index < -0.39 is 0 Å². The predicted molar refractivity (Wildman–Crippen MR) is 61.9 cm³/mol. The van der Waals surface area contributed by atoms with E-state index in [0.717, 1.165) is 12.5 Å². The molecule has 1 saturated carbocycles. The van der Waals surface area contributed by atoms with Crippen LogP contribution >= 0.6 is 0 Å². The standard InChI is InChI=1S/C11H20N4/c1-14-9-7-13-11(14)15(8-6-12)10-4-2-3-5-10/h7,9-10H,2-6,8,12H2,1H3. The Kier molecular flexibility index (Phi) is 3.26. The highest BCUT2D eigenvalue weighted by Crippen LogP contribution is 2.26. The van der Waals surface area contributed by atoms with E-state index in [1.54, 1.807) is 0 Å². The topological polar surface area (TPSA) is 47.1 Å². The molecule has 1 fully saturated rings. The zero-order valence-corrected chi connectivity index (χ0v) is 9.39. The highest BCUT2D eigenvalue weighted by atomic mass is 15.3. The molecule has 0 amide bonds.